The minimum atomic E-state index is -4.49. The number of amides is 2. The van der Waals surface area contributed by atoms with Gasteiger partial charge in [0.15, 0.2) is 5.82 Å². The second-order valence-corrected chi connectivity index (χ2v) is 10.8. The molecule has 3 aromatic heterocycles. The van der Waals surface area contributed by atoms with Crippen LogP contribution < -0.4 is 10.1 Å². The quantitative estimate of drug-likeness (QED) is 0.354. The number of benzene rings is 1. The standard InChI is InChI=1S/C27H25F3N6O4/c1-26(2,3)40-25(38)34-23-19-12-31-13-36(19)18-10-16(32-11-17(18)33-23)24(37)35-8-4-5-20-22(35)15-7-6-14(27(28,29)30)9-21(15)39-20/h6-7,9-13,20,22H,4-5,8H2,1-3H3,(H,33,34,38)/t20-,22-/m0/s1. The van der Waals surface area contributed by atoms with Gasteiger partial charge in [0, 0.05) is 12.1 Å². The number of imidazole rings is 1. The number of nitrogens with zero attached hydrogens (tertiary/aromatic N) is 5. The van der Waals surface area contributed by atoms with Gasteiger partial charge in [-0.2, -0.15) is 13.2 Å². The van der Waals surface area contributed by atoms with E-state index in [-0.39, 0.29) is 23.2 Å². The Morgan fingerprint density at radius 1 is 1.12 bits per heavy atom. The molecule has 1 N–H and O–H groups in total. The summed E-state index contributed by atoms with van der Waals surface area (Å²) >= 11 is 0. The third-order valence-electron chi connectivity index (χ3n) is 6.85. The highest BCUT2D eigenvalue weighted by atomic mass is 19.4. The number of alkyl halides is 3. The minimum absolute atomic E-state index is 0.137. The summed E-state index contributed by atoms with van der Waals surface area (Å²) in [6.45, 7) is 5.65. The van der Waals surface area contributed by atoms with Crippen LogP contribution in [0.4, 0.5) is 23.8 Å². The number of carbonyl (C=O) groups is 2. The molecule has 0 spiro atoms. The molecular formula is C27H25F3N6O4. The van der Waals surface area contributed by atoms with E-state index >= 15 is 0 Å². The van der Waals surface area contributed by atoms with E-state index in [0.29, 0.717) is 41.5 Å². The summed E-state index contributed by atoms with van der Waals surface area (Å²) in [4.78, 5) is 40.7. The van der Waals surface area contributed by atoms with Crippen molar-refractivity contribution in [2.24, 2.45) is 0 Å². The molecule has 2 atom stereocenters. The van der Waals surface area contributed by atoms with E-state index in [2.05, 4.69) is 20.3 Å². The molecule has 0 saturated carbocycles. The Bertz CT molecular complexity index is 1660. The van der Waals surface area contributed by atoms with Crippen molar-refractivity contribution in [1.82, 2.24) is 24.3 Å². The van der Waals surface area contributed by atoms with Crippen molar-refractivity contribution < 1.29 is 32.2 Å². The number of nitrogens with one attached hydrogen (secondary N) is 1. The Morgan fingerprint density at radius 2 is 1.93 bits per heavy atom. The third kappa shape index (κ3) is 4.54. The van der Waals surface area contributed by atoms with E-state index < -0.39 is 35.6 Å². The maximum atomic E-state index is 13.8. The molecule has 0 bridgehead atoms. The topological polar surface area (TPSA) is 111 Å². The molecule has 1 saturated heterocycles. The number of fused-ring (bicyclic) bond motifs is 6. The SMILES string of the molecule is CC(C)(C)OC(=O)Nc1nc2cnc(C(=O)N3CCC[C@@H]4Oc5cc(C(F)(F)F)ccc5[C@@H]43)cc2n2cncc12. The number of ether oxygens (including phenoxy) is 2. The van der Waals surface area contributed by atoms with Gasteiger partial charge < -0.3 is 14.4 Å². The van der Waals surface area contributed by atoms with Crippen LogP contribution in [0.5, 0.6) is 5.75 Å². The third-order valence-corrected chi connectivity index (χ3v) is 6.85. The van der Waals surface area contributed by atoms with Crippen LogP contribution in [0.3, 0.4) is 0 Å². The number of carbonyl (C=O) groups excluding carboxylic acids is 2. The lowest BCUT2D eigenvalue weighted by molar-refractivity contribution is -0.137. The maximum absolute atomic E-state index is 13.8. The van der Waals surface area contributed by atoms with Crippen molar-refractivity contribution in [1.29, 1.82) is 0 Å². The fourth-order valence-electron chi connectivity index (χ4n) is 5.21. The van der Waals surface area contributed by atoms with Crippen molar-refractivity contribution >= 4 is 34.4 Å². The first-order chi connectivity index (χ1) is 18.9. The van der Waals surface area contributed by atoms with Crippen molar-refractivity contribution in [3.63, 3.8) is 0 Å². The molecule has 40 heavy (non-hydrogen) atoms. The molecule has 10 nitrogen and oxygen atoms in total. The predicted octanol–water partition coefficient (Wildman–Crippen LogP) is 5.38. The smallest absolute Gasteiger partial charge is 0.416 e. The first-order valence-electron chi connectivity index (χ1n) is 12.7. The van der Waals surface area contributed by atoms with Gasteiger partial charge in [-0.3, -0.25) is 14.5 Å². The molecule has 5 heterocycles. The van der Waals surface area contributed by atoms with Gasteiger partial charge in [0.1, 0.15) is 34.2 Å². The summed E-state index contributed by atoms with van der Waals surface area (Å²) < 4.78 is 52.6. The molecule has 208 valence electrons. The van der Waals surface area contributed by atoms with Gasteiger partial charge >= 0.3 is 12.3 Å². The van der Waals surface area contributed by atoms with Crippen molar-refractivity contribution in [3.8, 4) is 5.75 Å². The summed E-state index contributed by atoms with van der Waals surface area (Å²) in [5.41, 5.74) is 0.608. The lowest BCUT2D eigenvalue weighted by atomic mass is 9.93. The number of likely N-dealkylation sites (tertiary alicyclic amines) is 1. The molecule has 1 fully saturated rings. The second kappa shape index (κ2) is 9.07. The van der Waals surface area contributed by atoms with Crippen LogP contribution in [0.25, 0.3) is 16.6 Å². The van der Waals surface area contributed by atoms with E-state index in [1.807, 2.05) is 0 Å². The van der Waals surface area contributed by atoms with Gasteiger partial charge in [0.05, 0.1) is 35.8 Å². The van der Waals surface area contributed by atoms with Crippen molar-refractivity contribution in [3.05, 3.63) is 59.8 Å². The number of anilines is 1. The average molecular weight is 555 g/mol. The maximum Gasteiger partial charge on any atom is 0.416 e. The van der Waals surface area contributed by atoms with E-state index in [9.17, 15) is 22.8 Å². The monoisotopic (exact) mass is 554 g/mol. The zero-order valence-electron chi connectivity index (χ0n) is 21.8. The zero-order chi connectivity index (χ0) is 28.4. The molecule has 2 aliphatic rings. The first-order valence-corrected chi connectivity index (χ1v) is 12.7. The minimum Gasteiger partial charge on any atom is -0.488 e. The highest BCUT2D eigenvalue weighted by molar-refractivity contribution is 5.97. The molecule has 0 unspecified atom stereocenters. The van der Waals surface area contributed by atoms with Crippen molar-refractivity contribution in [2.45, 2.75) is 57.5 Å². The number of piperidine rings is 1. The number of pyridine rings is 1. The van der Waals surface area contributed by atoms with E-state index in [1.54, 1.807) is 36.1 Å². The molecule has 0 radical (unpaired) electrons. The second-order valence-electron chi connectivity index (χ2n) is 10.8. The van der Waals surface area contributed by atoms with E-state index in [1.165, 1.54) is 24.8 Å². The van der Waals surface area contributed by atoms with Crippen LogP contribution in [-0.4, -0.2) is 54.5 Å². The fraction of sp³-hybridized carbons (Fsp3) is 0.370. The van der Waals surface area contributed by atoms with Crippen LogP contribution in [0.2, 0.25) is 0 Å². The summed E-state index contributed by atoms with van der Waals surface area (Å²) in [7, 11) is 0. The Kier molecular flexibility index (Phi) is 5.86. The van der Waals surface area contributed by atoms with Gasteiger partial charge in [0.2, 0.25) is 0 Å². The molecule has 1 aromatic carbocycles. The Labute approximate surface area is 226 Å². The van der Waals surface area contributed by atoms with Gasteiger partial charge in [0.25, 0.3) is 5.91 Å². The molecule has 2 amide bonds. The van der Waals surface area contributed by atoms with Crippen LogP contribution >= 0.6 is 0 Å². The largest absolute Gasteiger partial charge is 0.488 e. The number of hydrogen-bond donors (Lipinski definition) is 1. The van der Waals surface area contributed by atoms with Crippen LogP contribution in [0, 0.1) is 0 Å². The number of hydrogen-bond acceptors (Lipinski definition) is 7. The van der Waals surface area contributed by atoms with Gasteiger partial charge in [-0.15, -0.1) is 0 Å². The molecule has 0 aliphatic carbocycles. The van der Waals surface area contributed by atoms with Crippen LogP contribution in [0.15, 0.2) is 43.0 Å². The van der Waals surface area contributed by atoms with Crippen LogP contribution in [-0.2, 0) is 10.9 Å². The molecular weight excluding hydrogens is 529 g/mol. The summed E-state index contributed by atoms with van der Waals surface area (Å²) in [5.74, 6) is -0.0144. The zero-order valence-corrected chi connectivity index (χ0v) is 21.8. The van der Waals surface area contributed by atoms with E-state index in [4.69, 9.17) is 9.47 Å². The first kappa shape index (κ1) is 25.8. The normalized spacial score (nSPS) is 18.8. The van der Waals surface area contributed by atoms with Gasteiger partial charge in [-0.05, 0) is 51.8 Å². The number of aromatic nitrogens is 4. The van der Waals surface area contributed by atoms with E-state index in [0.717, 1.165) is 12.1 Å². The van der Waals surface area contributed by atoms with Gasteiger partial charge in [-0.1, -0.05) is 6.07 Å². The van der Waals surface area contributed by atoms with Crippen LogP contribution in [0.1, 0.15) is 61.3 Å². The highest BCUT2D eigenvalue weighted by Crippen LogP contribution is 2.46. The Morgan fingerprint density at radius 3 is 2.67 bits per heavy atom. The predicted molar refractivity (Wildman–Crippen MR) is 137 cm³/mol. The molecule has 13 heteroatoms. The highest BCUT2D eigenvalue weighted by Gasteiger charge is 2.44. The lowest BCUT2D eigenvalue weighted by Gasteiger charge is -2.36. The Hall–Kier alpha value is -4.42. The average Bonchev–Trinajstić information content (AvgIpc) is 3.51. The summed E-state index contributed by atoms with van der Waals surface area (Å²) in [6, 6.07) is 4.46. The summed E-state index contributed by atoms with van der Waals surface area (Å²) in [5, 5.41) is 2.64. The Balaban J connectivity index is 1.33. The van der Waals surface area contributed by atoms with Gasteiger partial charge in [-0.25, -0.2) is 19.7 Å². The van der Waals surface area contributed by atoms with Crippen molar-refractivity contribution in [2.75, 3.05) is 11.9 Å². The summed E-state index contributed by atoms with van der Waals surface area (Å²) in [6.07, 6.45) is 0.117. The molecule has 4 aromatic rings. The molecule has 2 aliphatic heterocycles. The molecule has 6 rings (SSSR count). The number of rotatable bonds is 2. The fourth-order valence-corrected chi connectivity index (χ4v) is 5.21. The number of halogens is 3. The lowest BCUT2D eigenvalue weighted by Crippen LogP contribution is -2.44.